The van der Waals surface area contributed by atoms with Gasteiger partial charge in [-0.25, -0.2) is 10.2 Å². The van der Waals surface area contributed by atoms with Crippen LogP contribution in [-0.4, -0.2) is 74.0 Å². The molecule has 11 heteroatoms. The highest BCUT2D eigenvalue weighted by Crippen LogP contribution is 2.26. The fourth-order valence-electron chi connectivity index (χ4n) is 4.27. The van der Waals surface area contributed by atoms with Crippen molar-refractivity contribution in [1.29, 1.82) is 5.41 Å². The number of rotatable bonds is 13. The highest BCUT2D eigenvalue weighted by Gasteiger charge is 2.34. The average molecular weight is 528 g/mol. The van der Waals surface area contributed by atoms with Crippen LogP contribution in [0.2, 0.25) is 0 Å². The number of hydrogen-bond acceptors (Lipinski definition) is 9. The smallest absolute Gasteiger partial charge is 0.253 e. The molecule has 0 atom stereocenters. The van der Waals surface area contributed by atoms with Crippen LogP contribution in [0.3, 0.4) is 0 Å². The SMILES string of the molecule is CCCN(CC)C1CN(C(=O)c2ccc(N(N)/C=C(\N)C(=N)c3cc(F)c(OCCOC)cc3N)cc2)C1. The topological polar surface area (TPSA) is 147 Å². The van der Waals surface area contributed by atoms with Gasteiger partial charge in [0.05, 0.1) is 23.7 Å². The van der Waals surface area contributed by atoms with Crippen LogP contribution in [-0.2, 0) is 4.74 Å². The molecule has 2 aromatic rings. The van der Waals surface area contributed by atoms with Crippen molar-refractivity contribution in [1.82, 2.24) is 9.80 Å². The Balaban J connectivity index is 1.63. The van der Waals surface area contributed by atoms with Crippen molar-refractivity contribution in [2.75, 3.05) is 57.2 Å². The van der Waals surface area contributed by atoms with Crippen LogP contribution in [0.5, 0.6) is 5.75 Å². The third-order valence-corrected chi connectivity index (χ3v) is 6.48. The van der Waals surface area contributed by atoms with Gasteiger partial charge in [-0.15, -0.1) is 0 Å². The molecule has 0 saturated carbocycles. The van der Waals surface area contributed by atoms with E-state index in [-0.39, 0.29) is 40.9 Å². The van der Waals surface area contributed by atoms with Gasteiger partial charge in [-0.1, -0.05) is 13.8 Å². The zero-order chi connectivity index (χ0) is 27.8. The largest absolute Gasteiger partial charge is 0.488 e. The summed E-state index contributed by atoms with van der Waals surface area (Å²) in [6.45, 7) is 8.22. The number of likely N-dealkylation sites (N-methyl/N-ethyl adjacent to an activating group) is 1. The molecule has 0 unspecified atom stereocenters. The van der Waals surface area contributed by atoms with E-state index in [2.05, 4.69) is 18.7 Å². The van der Waals surface area contributed by atoms with Crippen molar-refractivity contribution >= 4 is 23.0 Å². The Morgan fingerprint density at radius 2 is 1.89 bits per heavy atom. The number of nitrogens with zero attached hydrogens (tertiary/aromatic N) is 3. The molecule has 1 fully saturated rings. The molecule has 1 amide bonds. The quantitative estimate of drug-likeness (QED) is 0.102. The van der Waals surface area contributed by atoms with Gasteiger partial charge in [0.15, 0.2) is 11.6 Å². The normalized spacial score (nSPS) is 13.9. The highest BCUT2D eigenvalue weighted by molar-refractivity contribution is 6.13. The number of methoxy groups -OCH3 is 1. The maximum atomic E-state index is 14.5. The van der Waals surface area contributed by atoms with Gasteiger partial charge in [0.2, 0.25) is 0 Å². The molecule has 2 aromatic carbocycles. The molecule has 0 spiro atoms. The Labute approximate surface area is 223 Å². The first-order valence-electron chi connectivity index (χ1n) is 12.6. The van der Waals surface area contributed by atoms with E-state index < -0.39 is 5.82 Å². The second-order valence-corrected chi connectivity index (χ2v) is 9.12. The van der Waals surface area contributed by atoms with Gasteiger partial charge >= 0.3 is 0 Å². The van der Waals surface area contributed by atoms with Crippen molar-refractivity contribution in [3.63, 3.8) is 0 Å². The minimum atomic E-state index is -0.672. The summed E-state index contributed by atoms with van der Waals surface area (Å²) in [6, 6.07) is 9.64. The van der Waals surface area contributed by atoms with Crippen molar-refractivity contribution < 1.29 is 18.7 Å². The summed E-state index contributed by atoms with van der Waals surface area (Å²) in [6.07, 6.45) is 2.43. The maximum absolute atomic E-state index is 14.5. The number of hydrazine groups is 1. The standard InChI is InChI=1S/C27H38FN7O3/c1-4-10-33(5-2)20-15-34(16-20)27(36)18-6-8-19(9-7-18)35(32)17-24(30)26(31)21-13-22(28)25(14-23(21)29)38-12-11-37-3/h6-9,13-14,17,20,31H,4-5,10-12,15-16,29-30,32H2,1-3H3/b24-17-,31-26?. The monoisotopic (exact) mass is 527 g/mol. The number of likely N-dealkylation sites (tertiary alicyclic amines) is 1. The molecule has 206 valence electrons. The fraction of sp³-hybridized carbons (Fsp3) is 0.407. The molecule has 1 saturated heterocycles. The Kier molecular flexibility index (Phi) is 10.1. The van der Waals surface area contributed by atoms with Gasteiger partial charge in [0.25, 0.3) is 5.91 Å². The molecular weight excluding hydrogens is 489 g/mol. The van der Waals surface area contributed by atoms with E-state index in [0.717, 1.165) is 38.7 Å². The lowest BCUT2D eigenvalue weighted by Gasteiger charge is -2.45. The second kappa shape index (κ2) is 13.2. The number of benzene rings is 2. The number of halogens is 1. The number of allylic oxidation sites excluding steroid dienone is 1. The van der Waals surface area contributed by atoms with E-state index in [1.54, 1.807) is 24.3 Å². The van der Waals surface area contributed by atoms with E-state index in [1.807, 2.05) is 4.90 Å². The Morgan fingerprint density at radius 1 is 1.21 bits per heavy atom. The first-order valence-corrected chi connectivity index (χ1v) is 12.6. The number of nitrogen functional groups attached to an aromatic ring is 1. The molecule has 1 heterocycles. The van der Waals surface area contributed by atoms with Gasteiger partial charge in [0.1, 0.15) is 6.61 Å². The number of ether oxygens (including phenoxy) is 2. The highest BCUT2D eigenvalue weighted by atomic mass is 19.1. The molecule has 0 aromatic heterocycles. The first kappa shape index (κ1) is 28.9. The summed E-state index contributed by atoms with van der Waals surface area (Å²) in [5.74, 6) is 5.40. The fourth-order valence-corrected chi connectivity index (χ4v) is 4.27. The van der Waals surface area contributed by atoms with E-state index in [4.69, 9.17) is 32.2 Å². The van der Waals surface area contributed by atoms with Crippen molar-refractivity contribution in [2.24, 2.45) is 11.6 Å². The summed E-state index contributed by atoms with van der Waals surface area (Å²) >= 11 is 0. The third-order valence-electron chi connectivity index (χ3n) is 6.48. The number of amides is 1. The van der Waals surface area contributed by atoms with Crippen LogP contribution in [0.4, 0.5) is 15.8 Å². The summed E-state index contributed by atoms with van der Waals surface area (Å²) < 4.78 is 24.7. The maximum Gasteiger partial charge on any atom is 0.253 e. The van der Waals surface area contributed by atoms with Crippen LogP contribution in [0.15, 0.2) is 48.3 Å². The van der Waals surface area contributed by atoms with Crippen molar-refractivity contribution in [3.8, 4) is 5.75 Å². The number of anilines is 2. The summed E-state index contributed by atoms with van der Waals surface area (Å²) in [5.41, 5.74) is 13.3. The molecule has 3 rings (SSSR count). The number of carbonyl (C=O) groups is 1. The Hall–Kier alpha value is -3.67. The van der Waals surface area contributed by atoms with Gasteiger partial charge in [-0.2, -0.15) is 0 Å². The predicted molar refractivity (Wildman–Crippen MR) is 148 cm³/mol. The van der Waals surface area contributed by atoms with Gasteiger partial charge < -0.3 is 25.8 Å². The van der Waals surface area contributed by atoms with Crippen LogP contribution in [0.25, 0.3) is 0 Å². The molecule has 0 aliphatic carbocycles. The second-order valence-electron chi connectivity index (χ2n) is 9.12. The third kappa shape index (κ3) is 6.80. The molecule has 10 nitrogen and oxygen atoms in total. The number of nitrogens with one attached hydrogen (secondary N) is 1. The summed E-state index contributed by atoms with van der Waals surface area (Å²) in [7, 11) is 1.51. The van der Waals surface area contributed by atoms with E-state index in [0.29, 0.717) is 23.9 Å². The van der Waals surface area contributed by atoms with Gasteiger partial charge in [-0.3, -0.25) is 20.1 Å². The van der Waals surface area contributed by atoms with Crippen LogP contribution < -0.4 is 27.1 Å². The molecule has 1 aliphatic rings. The van der Waals surface area contributed by atoms with Crippen molar-refractivity contribution in [3.05, 3.63) is 65.2 Å². The minimum absolute atomic E-state index is 0.0205. The lowest BCUT2D eigenvalue weighted by molar-refractivity contribution is 0.0280. The van der Waals surface area contributed by atoms with Crippen LogP contribution in [0.1, 0.15) is 36.2 Å². The minimum Gasteiger partial charge on any atom is -0.488 e. The predicted octanol–water partition coefficient (Wildman–Crippen LogP) is 2.54. The summed E-state index contributed by atoms with van der Waals surface area (Å²) in [5, 5.41) is 9.62. The number of carbonyl (C=O) groups excluding carboxylic acids is 1. The lowest BCUT2D eigenvalue weighted by atomic mass is 10.0. The molecule has 0 radical (unpaired) electrons. The molecular formula is C27H38FN7O3. The first-order chi connectivity index (χ1) is 18.2. The van der Waals surface area contributed by atoms with Gasteiger partial charge in [-0.05, 0) is 49.8 Å². The average Bonchev–Trinajstić information content (AvgIpc) is 2.88. The molecule has 38 heavy (non-hydrogen) atoms. The van der Waals surface area contributed by atoms with E-state index >= 15 is 0 Å². The van der Waals surface area contributed by atoms with Crippen LogP contribution in [0, 0.1) is 11.2 Å². The van der Waals surface area contributed by atoms with Crippen LogP contribution >= 0.6 is 0 Å². The number of nitrogens with two attached hydrogens (primary N) is 3. The molecule has 7 N–H and O–H groups in total. The lowest BCUT2D eigenvalue weighted by Crippen LogP contribution is -2.61. The van der Waals surface area contributed by atoms with Gasteiger partial charge in [0, 0.05) is 55.3 Å². The zero-order valence-corrected chi connectivity index (χ0v) is 22.2. The summed E-state index contributed by atoms with van der Waals surface area (Å²) in [4.78, 5) is 17.1. The number of hydrogen-bond donors (Lipinski definition) is 4. The Bertz CT molecular complexity index is 1150. The molecule has 0 bridgehead atoms. The Morgan fingerprint density at radius 3 is 2.50 bits per heavy atom. The van der Waals surface area contributed by atoms with E-state index in [1.165, 1.54) is 24.4 Å². The molecule has 1 aliphatic heterocycles. The van der Waals surface area contributed by atoms with Crippen molar-refractivity contribution in [2.45, 2.75) is 26.3 Å². The zero-order valence-electron chi connectivity index (χ0n) is 22.2. The van der Waals surface area contributed by atoms with E-state index in [9.17, 15) is 9.18 Å².